The van der Waals surface area contributed by atoms with E-state index in [0.29, 0.717) is 12.8 Å². The van der Waals surface area contributed by atoms with Crippen LogP contribution in [-0.2, 0) is 10.4 Å². The lowest BCUT2D eigenvalue weighted by Crippen LogP contribution is -2.49. The van der Waals surface area contributed by atoms with E-state index in [1.807, 2.05) is 0 Å². The summed E-state index contributed by atoms with van der Waals surface area (Å²) in [6.45, 7) is 1.69. The molecular weight excluding hydrogens is 303 g/mol. The highest BCUT2D eigenvalue weighted by Gasteiger charge is 2.58. The predicted octanol–water partition coefficient (Wildman–Crippen LogP) is 1.71. The highest BCUT2D eigenvalue weighted by atomic mass is 19.4. The van der Waals surface area contributed by atoms with E-state index in [4.69, 9.17) is 4.42 Å². The summed E-state index contributed by atoms with van der Waals surface area (Å²) in [4.78, 5) is 13.2. The van der Waals surface area contributed by atoms with E-state index in [2.05, 4.69) is 0 Å². The van der Waals surface area contributed by atoms with E-state index in [0.717, 1.165) is 11.0 Å². The second kappa shape index (κ2) is 5.92. The van der Waals surface area contributed by atoms with Gasteiger partial charge in [0.2, 0.25) is 11.5 Å². The molecule has 1 aliphatic heterocycles. The Bertz CT molecular complexity index is 542. The Kier molecular flexibility index (Phi) is 4.53. The van der Waals surface area contributed by atoms with Crippen molar-refractivity contribution in [3.8, 4) is 0 Å². The van der Waals surface area contributed by atoms with Gasteiger partial charge < -0.3 is 19.5 Å². The first kappa shape index (κ1) is 16.8. The average Bonchev–Trinajstić information content (AvgIpc) is 2.84. The van der Waals surface area contributed by atoms with Crippen LogP contribution in [0.3, 0.4) is 0 Å². The zero-order valence-electron chi connectivity index (χ0n) is 12.1. The minimum atomic E-state index is -5.05. The standard InChI is InChI=1S/C14H18F3NO4/c1-9-4-5-11(22-9)13(21,14(15,16)17)7-12(20)18-6-2-3-10(19)8-18/h4-5,10,19,21H,2-3,6-8H2,1H3. The highest BCUT2D eigenvalue weighted by Crippen LogP contribution is 2.42. The number of amides is 1. The van der Waals surface area contributed by atoms with Gasteiger partial charge in [0.25, 0.3) is 0 Å². The third-order valence-corrected chi connectivity index (χ3v) is 3.77. The number of aliphatic hydroxyl groups is 2. The molecule has 0 spiro atoms. The summed E-state index contributed by atoms with van der Waals surface area (Å²) < 4.78 is 44.7. The minimum absolute atomic E-state index is 0.0239. The van der Waals surface area contributed by atoms with Gasteiger partial charge in [-0.15, -0.1) is 0 Å². The Morgan fingerprint density at radius 3 is 2.64 bits per heavy atom. The number of aryl methyl sites for hydroxylation is 1. The summed E-state index contributed by atoms with van der Waals surface area (Å²) in [6.07, 6.45) is -5.96. The van der Waals surface area contributed by atoms with E-state index in [9.17, 15) is 28.2 Å². The summed E-state index contributed by atoms with van der Waals surface area (Å²) in [5.74, 6) is -1.37. The Morgan fingerprint density at radius 2 is 2.14 bits per heavy atom. The second-order valence-electron chi connectivity index (χ2n) is 5.58. The van der Waals surface area contributed by atoms with E-state index in [1.165, 1.54) is 13.0 Å². The maximum absolute atomic E-state index is 13.3. The van der Waals surface area contributed by atoms with Crippen LogP contribution in [0.2, 0.25) is 0 Å². The van der Waals surface area contributed by atoms with Crippen LogP contribution < -0.4 is 0 Å². The summed E-state index contributed by atoms with van der Waals surface area (Å²) in [6, 6.07) is 2.31. The summed E-state index contributed by atoms with van der Waals surface area (Å²) in [5, 5.41) is 19.6. The van der Waals surface area contributed by atoms with Gasteiger partial charge >= 0.3 is 6.18 Å². The minimum Gasteiger partial charge on any atom is -0.463 e. The molecule has 2 N–H and O–H groups in total. The van der Waals surface area contributed by atoms with Gasteiger partial charge in [-0.3, -0.25) is 4.79 Å². The molecule has 2 unspecified atom stereocenters. The van der Waals surface area contributed by atoms with Gasteiger partial charge in [0.05, 0.1) is 12.5 Å². The molecule has 8 heteroatoms. The smallest absolute Gasteiger partial charge is 0.425 e. The molecule has 2 heterocycles. The average molecular weight is 321 g/mol. The molecule has 1 aromatic rings. The molecule has 22 heavy (non-hydrogen) atoms. The number of carbonyl (C=O) groups is 1. The zero-order valence-corrected chi connectivity index (χ0v) is 12.1. The van der Waals surface area contributed by atoms with E-state index in [1.54, 1.807) is 0 Å². The largest absolute Gasteiger partial charge is 0.463 e. The van der Waals surface area contributed by atoms with Crippen molar-refractivity contribution in [2.75, 3.05) is 13.1 Å². The van der Waals surface area contributed by atoms with Crippen molar-refractivity contribution in [3.63, 3.8) is 0 Å². The molecule has 5 nitrogen and oxygen atoms in total. The Balaban J connectivity index is 2.22. The lowest BCUT2D eigenvalue weighted by atomic mass is 9.94. The maximum Gasteiger partial charge on any atom is 0.425 e. The molecule has 124 valence electrons. The lowest BCUT2D eigenvalue weighted by Gasteiger charge is -2.34. The molecule has 0 aromatic carbocycles. The monoisotopic (exact) mass is 321 g/mol. The van der Waals surface area contributed by atoms with Gasteiger partial charge in [0, 0.05) is 13.1 Å². The predicted molar refractivity (Wildman–Crippen MR) is 69.8 cm³/mol. The number of aliphatic hydroxyl groups excluding tert-OH is 1. The number of hydrogen-bond acceptors (Lipinski definition) is 4. The van der Waals surface area contributed by atoms with Crippen LogP contribution in [-0.4, -0.2) is 46.4 Å². The van der Waals surface area contributed by atoms with E-state index in [-0.39, 0.29) is 18.8 Å². The zero-order chi connectivity index (χ0) is 16.5. The number of piperidine rings is 1. The molecular formula is C14H18F3NO4. The van der Waals surface area contributed by atoms with Gasteiger partial charge in [-0.2, -0.15) is 13.2 Å². The summed E-state index contributed by atoms with van der Waals surface area (Å²) in [7, 11) is 0. The van der Waals surface area contributed by atoms with Crippen LogP contribution >= 0.6 is 0 Å². The topological polar surface area (TPSA) is 73.9 Å². The third kappa shape index (κ3) is 3.27. The van der Waals surface area contributed by atoms with E-state index < -0.39 is 36.0 Å². The van der Waals surface area contributed by atoms with Crippen molar-refractivity contribution >= 4 is 5.91 Å². The first-order chi connectivity index (χ1) is 10.1. The van der Waals surface area contributed by atoms with Crippen molar-refractivity contribution in [1.29, 1.82) is 0 Å². The Labute approximate surface area is 125 Å². The van der Waals surface area contributed by atoms with Crippen molar-refractivity contribution in [3.05, 3.63) is 23.7 Å². The Hall–Kier alpha value is -1.54. The van der Waals surface area contributed by atoms with Gasteiger partial charge in [-0.25, -0.2) is 0 Å². The maximum atomic E-state index is 13.3. The number of hydrogen-bond donors (Lipinski definition) is 2. The summed E-state index contributed by atoms with van der Waals surface area (Å²) in [5.41, 5.74) is -3.37. The second-order valence-corrected chi connectivity index (χ2v) is 5.58. The normalized spacial score (nSPS) is 22.5. The van der Waals surface area contributed by atoms with Gasteiger partial charge in [-0.1, -0.05) is 0 Å². The van der Waals surface area contributed by atoms with Crippen LogP contribution in [0.4, 0.5) is 13.2 Å². The van der Waals surface area contributed by atoms with Crippen molar-refractivity contribution in [2.24, 2.45) is 0 Å². The van der Waals surface area contributed by atoms with Gasteiger partial charge in [-0.05, 0) is 31.9 Å². The first-order valence-corrected chi connectivity index (χ1v) is 6.95. The molecule has 1 amide bonds. The molecule has 2 rings (SSSR count). The molecule has 0 bridgehead atoms. The van der Waals surface area contributed by atoms with Crippen LogP contribution in [0.15, 0.2) is 16.5 Å². The van der Waals surface area contributed by atoms with Crippen molar-refractivity contribution in [1.82, 2.24) is 4.90 Å². The van der Waals surface area contributed by atoms with E-state index >= 15 is 0 Å². The highest BCUT2D eigenvalue weighted by molar-refractivity contribution is 5.77. The van der Waals surface area contributed by atoms with Crippen molar-refractivity contribution < 1.29 is 32.6 Å². The molecule has 2 atom stereocenters. The van der Waals surface area contributed by atoms with Crippen LogP contribution in [0.5, 0.6) is 0 Å². The lowest BCUT2D eigenvalue weighted by molar-refractivity contribution is -0.274. The number of rotatable bonds is 3. The SMILES string of the molecule is Cc1ccc(C(O)(CC(=O)N2CCCC(O)C2)C(F)(F)F)o1. The quantitative estimate of drug-likeness (QED) is 0.889. The molecule has 0 aliphatic carbocycles. The fraction of sp³-hybridized carbons (Fsp3) is 0.643. The molecule has 1 fully saturated rings. The number of β-amino-alcohol motifs (C(OH)–C–C–N with tert-alkyl or cyclic N) is 1. The van der Waals surface area contributed by atoms with Crippen LogP contribution in [0, 0.1) is 6.92 Å². The Morgan fingerprint density at radius 1 is 1.45 bits per heavy atom. The molecule has 0 radical (unpaired) electrons. The number of furan rings is 1. The summed E-state index contributed by atoms with van der Waals surface area (Å²) >= 11 is 0. The van der Waals surface area contributed by atoms with Crippen LogP contribution in [0.25, 0.3) is 0 Å². The molecule has 1 aromatic heterocycles. The van der Waals surface area contributed by atoms with Gasteiger partial charge in [0.1, 0.15) is 11.5 Å². The molecule has 0 saturated carbocycles. The number of likely N-dealkylation sites (tertiary alicyclic amines) is 1. The fourth-order valence-corrected chi connectivity index (χ4v) is 2.50. The van der Waals surface area contributed by atoms with Crippen LogP contribution in [0.1, 0.15) is 30.8 Å². The number of nitrogens with zero attached hydrogens (tertiary/aromatic N) is 1. The van der Waals surface area contributed by atoms with Crippen molar-refractivity contribution in [2.45, 2.75) is 44.1 Å². The number of carbonyl (C=O) groups excluding carboxylic acids is 1. The number of alkyl halides is 3. The first-order valence-electron chi connectivity index (χ1n) is 6.95. The van der Waals surface area contributed by atoms with Gasteiger partial charge in [0.15, 0.2) is 0 Å². The third-order valence-electron chi connectivity index (χ3n) is 3.77. The molecule has 1 saturated heterocycles. The fourth-order valence-electron chi connectivity index (χ4n) is 2.50. The molecule has 1 aliphatic rings. The number of halogens is 3.